The molecule has 0 radical (unpaired) electrons. The van der Waals surface area contributed by atoms with Gasteiger partial charge in [0.15, 0.2) is 0 Å². The topological polar surface area (TPSA) is 70.2 Å². The second-order valence-electron chi connectivity index (χ2n) is 4.93. The summed E-state index contributed by atoms with van der Waals surface area (Å²) < 4.78 is 0. The second kappa shape index (κ2) is 5.77. The van der Waals surface area contributed by atoms with Gasteiger partial charge < -0.3 is 15.5 Å². The largest absolute Gasteiger partial charge is 0.372 e. The van der Waals surface area contributed by atoms with Gasteiger partial charge >= 0.3 is 0 Å². The lowest BCUT2D eigenvalue weighted by atomic mass is 10.0. The van der Waals surface area contributed by atoms with Crippen LogP contribution in [0.5, 0.6) is 0 Å². The van der Waals surface area contributed by atoms with Crippen molar-refractivity contribution in [1.29, 1.82) is 0 Å². The molecule has 0 unspecified atom stereocenters. The van der Waals surface area contributed by atoms with E-state index in [2.05, 4.69) is 39.3 Å². The van der Waals surface area contributed by atoms with Crippen LogP contribution in [0.1, 0.15) is 24.3 Å². The number of anilines is 1. The quantitative estimate of drug-likeness (QED) is 0.801. The van der Waals surface area contributed by atoms with E-state index in [0.717, 1.165) is 0 Å². The zero-order chi connectivity index (χ0) is 13.8. The maximum atomic E-state index is 11.9. The molecule has 6 nitrogen and oxygen atoms in total. The molecule has 2 N–H and O–H groups in total. The summed E-state index contributed by atoms with van der Waals surface area (Å²) >= 11 is 0. The fraction of sp³-hybridized carbons (Fsp3) is 0.583. The SMILES string of the molecule is CNc1cncc(C(=O)NCC(C)(C)N(C)C)n1. The Morgan fingerprint density at radius 1 is 1.39 bits per heavy atom. The Hall–Kier alpha value is -1.69. The van der Waals surface area contributed by atoms with Crippen molar-refractivity contribution in [3.05, 3.63) is 18.1 Å². The van der Waals surface area contributed by atoms with Gasteiger partial charge in [-0.2, -0.15) is 0 Å². The lowest BCUT2D eigenvalue weighted by molar-refractivity contribution is 0.0914. The smallest absolute Gasteiger partial charge is 0.271 e. The van der Waals surface area contributed by atoms with Crippen molar-refractivity contribution in [1.82, 2.24) is 20.2 Å². The minimum Gasteiger partial charge on any atom is -0.372 e. The zero-order valence-corrected chi connectivity index (χ0v) is 11.6. The highest BCUT2D eigenvalue weighted by Gasteiger charge is 2.21. The first-order valence-electron chi connectivity index (χ1n) is 5.82. The molecule has 0 fully saturated rings. The van der Waals surface area contributed by atoms with Crippen LogP contribution in [0.3, 0.4) is 0 Å². The highest BCUT2D eigenvalue weighted by molar-refractivity contribution is 5.92. The molecule has 0 spiro atoms. The predicted molar refractivity (Wildman–Crippen MR) is 71.7 cm³/mol. The van der Waals surface area contributed by atoms with Crippen molar-refractivity contribution in [3.8, 4) is 0 Å². The number of carbonyl (C=O) groups is 1. The van der Waals surface area contributed by atoms with Crippen LogP contribution in [0.2, 0.25) is 0 Å². The summed E-state index contributed by atoms with van der Waals surface area (Å²) in [5, 5.41) is 5.71. The Labute approximate surface area is 108 Å². The molecule has 100 valence electrons. The molecule has 0 saturated carbocycles. The molecule has 1 rings (SSSR count). The lowest BCUT2D eigenvalue weighted by Crippen LogP contribution is -2.48. The summed E-state index contributed by atoms with van der Waals surface area (Å²) in [5.74, 6) is 0.365. The van der Waals surface area contributed by atoms with E-state index < -0.39 is 0 Å². The molecule has 0 aliphatic heterocycles. The van der Waals surface area contributed by atoms with Gasteiger partial charge in [0.2, 0.25) is 0 Å². The van der Waals surface area contributed by atoms with Crippen molar-refractivity contribution in [2.45, 2.75) is 19.4 Å². The molecule has 1 heterocycles. The minimum absolute atomic E-state index is 0.107. The number of rotatable bonds is 5. The van der Waals surface area contributed by atoms with Gasteiger partial charge in [0.1, 0.15) is 11.5 Å². The Morgan fingerprint density at radius 2 is 2.06 bits per heavy atom. The van der Waals surface area contributed by atoms with Crippen LogP contribution in [0.25, 0.3) is 0 Å². The number of hydrogen-bond donors (Lipinski definition) is 2. The first kappa shape index (κ1) is 14.4. The van der Waals surface area contributed by atoms with Gasteiger partial charge in [-0.1, -0.05) is 0 Å². The van der Waals surface area contributed by atoms with E-state index in [-0.39, 0.29) is 11.4 Å². The molecule has 1 aromatic rings. The average Bonchev–Trinajstić information content (AvgIpc) is 2.36. The van der Waals surface area contributed by atoms with Crippen molar-refractivity contribution < 1.29 is 4.79 Å². The molecule has 1 aromatic heterocycles. The van der Waals surface area contributed by atoms with Gasteiger partial charge in [-0.3, -0.25) is 9.78 Å². The molecule has 0 aliphatic rings. The highest BCUT2D eigenvalue weighted by Crippen LogP contribution is 2.08. The summed E-state index contributed by atoms with van der Waals surface area (Å²) in [6, 6.07) is 0. The van der Waals surface area contributed by atoms with Gasteiger partial charge in [-0.25, -0.2) is 4.98 Å². The number of aromatic nitrogens is 2. The molecule has 1 amide bonds. The standard InChI is InChI=1S/C12H21N5O/c1-12(2,17(4)5)8-15-11(18)9-6-14-7-10(13-3)16-9/h6-7H,8H2,1-5H3,(H,13,16)(H,15,18). The summed E-state index contributed by atoms with van der Waals surface area (Å²) in [6.07, 6.45) is 3.03. The molecule has 0 bridgehead atoms. The Morgan fingerprint density at radius 3 is 2.61 bits per heavy atom. The van der Waals surface area contributed by atoms with Crippen LogP contribution < -0.4 is 10.6 Å². The highest BCUT2D eigenvalue weighted by atomic mass is 16.1. The number of amides is 1. The van der Waals surface area contributed by atoms with Crippen molar-refractivity contribution >= 4 is 11.7 Å². The fourth-order valence-corrected chi connectivity index (χ4v) is 1.14. The lowest BCUT2D eigenvalue weighted by Gasteiger charge is -2.32. The second-order valence-corrected chi connectivity index (χ2v) is 4.93. The van der Waals surface area contributed by atoms with E-state index >= 15 is 0 Å². The van der Waals surface area contributed by atoms with Gasteiger partial charge in [-0.15, -0.1) is 0 Å². The van der Waals surface area contributed by atoms with Crippen molar-refractivity contribution in [2.24, 2.45) is 0 Å². The molecule has 0 aliphatic carbocycles. The summed E-state index contributed by atoms with van der Waals surface area (Å²) in [4.78, 5) is 22.1. The molecule has 6 heteroatoms. The normalized spacial score (nSPS) is 11.4. The molecule has 0 atom stereocenters. The number of hydrogen-bond acceptors (Lipinski definition) is 5. The van der Waals surface area contributed by atoms with Crippen molar-refractivity contribution in [3.63, 3.8) is 0 Å². The van der Waals surface area contributed by atoms with E-state index in [0.29, 0.717) is 18.1 Å². The van der Waals surface area contributed by atoms with Crippen LogP contribution >= 0.6 is 0 Å². The fourth-order valence-electron chi connectivity index (χ4n) is 1.14. The predicted octanol–water partition coefficient (Wildman–Crippen LogP) is 0.588. The summed E-state index contributed by atoms with van der Waals surface area (Å²) in [5.41, 5.74) is 0.209. The third-order valence-corrected chi connectivity index (χ3v) is 3.02. The van der Waals surface area contributed by atoms with E-state index in [1.54, 1.807) is 13.2 Å². The Kier molecular flexibility index (Phi) is 4.61. The number of nitrogens with zero attached hydrogens (tertiary/aromatic N) is 3. The first-order valence-corrected chi connectivity index (χ1v) is 5.82. The van der Waals surface area contributed by atoms with E-state index in [1.807, 2.05) is 14.1 Å². The number of carbonyl (C=O) groups excluding carboxylic acids is 1. The monoisotopic (exact) mass is 251 g/mol. The van der Waals surface area contributed by atoms with E-state index in [1.165, 1.54) is 6.20 Å². The van der Waals surface area contributed by atoms with Crippen LogP contribution in [0, 0.1) is 0 Å². The first-order chi connectivity index (χ1) is 8.36. The molecule has 0 saturated heterocycles. The maximum Gasteiger partial charge on any atom is 0.271 e. The van der Waals surface area contributed by atoms with Crippen molar-refractivity contribution in [2.75, 3.05) is 33.0 Å². The van der Waals surface area contributed by atoms with E-state index in [9.17, 15) is 4.79 Å². The van der Waals surface area contributed by atoms with Crippen LogP contribution in [0.15, 0.2) is 12.4 Å². The molecule has 0 aromatic carbocycles. The van der Waals surface area contributed by atoms with Crippen LogP contribution in [0.4, 0.5) is 5.82 Å². The van der Waals surface area contributed by atoms with Crippen LogP contribution in [-0.4, -0.2) is 54.0 Å². The van der Waals surface area contributed by atoms with Crippen LogP contribution in [-0.2, 0) is 0 Å². The van der Waals surface area contributed by atoms with Gasteiger partial charge in [0, 0.05) is 19.1 Å². The third-order valence-electron chi connectivity index (χ3n) is 3.02. The Bertz CT molecular complexity index is 417. The molecular weight excluding hydrogens is 230 g/mol. The van der Waals surface area contributed by atoms with Gasteiger partial charge in [0.05, 0.1) is 12.4 Å². The number of likely N-dealkylation sites (N-methyl/N-ethyl adjacent to an activating group) is 1. The maximum absolute atomic E-state index is 11.9. The van der Waals surface area contributed by atoms with Gasteiger partial charge in [-0.05, 0) is 27.9 Å². The average molecular weight is 251 g/mol. The minimum atomic E-state index is -0.213. The molecular formula is C12H21N5O. The molecule has 18 heavy (non-hydrogen) atoms. The van der Waals surface area contributed by atoms with Gasteiger partial charge in [0.25, 0.3) is 5.91 Å². The zero-order valence-electron chi connectivity index (χ0n) is 11.6. The Balaban J connectivity index is 2.66. The number of nitrogens with one attached hydrogen (secondary N) is 2. The van der Waals surface area contributed by atoms with E-state index in [4.69, 9.17) is 0 Å². The third kappa shape index (κ3) is 3.66. The summed E-state index contributed by atoms with van der Waals surface area (Å²) in [7, 11) is 5.70. The summed E-state index contributed by atoms with van der Waals surface area (Å²) in [6.45, 7) is 4.66.